The SMILES string of the molecule is CC(=O)c1ccccc1OC[C@H](O)CN1C(C)(C)CC(O)CC1(C)C. The Bertz CT molecular complexity index is 593. The molecule has 1 saturated heterocycles. The van der Waals surface area contributed by atoms with Gasteiger partial charge in [-0.2, -0.15) is 0 Å². The van der Waals surface area contributed by atoms with Crippen molar-refractivity contribution in [2.45, 2.75) is 70.7 Å². The number of β-amino-alcohol motifs (C(OH)–C–C–N with tert-alkyl or cyclic N) is 1. The fourth-order valence-corrected chi connectivity index (χ4v) is 4.09. The van der Waals surface area contributed by atoms with Gasteiger partial charge in [0.05, 0.1) is 11.7 Å². The summed E-state index contributed by atoms with van der Waals surface area (Å²) in [6.07, 6.45) is 0.347. The van der Waals surface area contributed by atoms with Crippen LogP contribution in [0.25, 0.3) is 0 Å². The maximum absolute atomic E-state index is 11.7. The molecule has 2 rings (SSSR count). The molecular formula is C20H31NO4. The molecule has 0 bridgehead atoms. The molecule has 0 aliphatic carbocycles. The average Bonchev–Trinajstić information content (AvgIpc) is 2.48. The van der Waals surface area contributed by atoms with E-state index in [9.17, 15) is 15.0 Å². The lowest BCUT2D eigenvalue weighted by molar-refractivity contribution is -0.1000. The van der Waals surface area contributed by atoms with Crippen molar-refractivity contribution in [3.8, 4) is 5.75 Å². The second kappa shape index (κ2) is 7.44. The summed E-state index contributed by atoms with van der Waals surface area (Å²) in [6, 6.07) is 7.08. The normalized spacial score (nSPS) is 21.7. The molecule has 1 atom stereocenters. The fourth-order valence-electron chi connectivity index (χ4n) is 4.09. The van der Waals surface area contributed by atoms with Crippen LogP contribution in [0, 0.1) is 0 Å². The topological polar surface area (TPSA) is 70.0 Å². The summed E-state index contributed by atoms with van der Waals surface area (Å²) >= 11 is 0. The molecule has 25 heavy (non-hydrogen) atoms. The summed E-state index contributed by atoms with van der Waals surface area (Å²) in [6.45, 7) is 10.4. The first kappa shape index (κ1) is 19.9. The molecule has 1 aliphatic rings. The van der Waals surface area contributed by atoms with Gasteiger partial charge in [0.15, 0.2) is 5.78 Å². The summed E-state index contributed by atoms with van der Waals surface area (Å²) in [5.41, 5.74) is 0.107. The van der Waals surface area contributed by atoms with E-state index in [2.05, 4.69) is 32.6 Å². The van der Waals surface area contributed by atoms with E-state index in [1.165, 1.54) is 6.92 Å². The van der Waals surface area contributed by atoms with Crippen LogP contribution in [0.3, 0.4) is 0 Å². The molecule has 2 N–H and O–H groups in total. The summed E-state index contributed by atoms with van der Waals surface area (Å²) < 4.78 is 5.71. The second-order valence-electron chi connectivity index (χ2n) is 8.31. The second-order valence-corrected chi connectivity index (χ2v) is 8.31. The maximum atomic E-state index is 11.7. The van der Waals surface area contributed by atoms with Crippen molar-refractivity contribution in [1.29, 1.82) is 0 Å². The van der Waals surface area contributed by atoms with E-state index in [1.807, 2.05) is 6.07 Å². The predicted molar refractivity (Wildman–Crippen MR) is 98.1 cm³/mol. The van der Waals surface area contributed by atoms with Crippen molar-refractivity contribution < 1.29 is 19.7 Å². The van der Waals surface area contributed by atoms with Gasteiger partial charge < -0.3 is 14.9 Å². The molecule has 0 saturated carbocycles. The molecule has 1 heterocycles. The van der Waals surface area contributed by atoms with Crippen molar-refractivity contribution in [1.82, 2.24) is 4.90 Å². The van der Waals surface area contributed by atoms with Crippen LogP contribution < -0.4 is 4.74 Å². The Morgan fingerprint density at radius 2 is 1.80 bits per heavy atom. The van der Waals surface area contributed by atoms with E-state index in [0.29, 0.717) is 30.7 Å². The lowest BCUT2D eigenvalue weighted by Gasteiger charge is -2.54. The molecule has 5 heteroatoms. The minimum Gasteiger partial charge on any atom is -0.490 e. The van der Waals surface area contributed by atoms with Crippen LogP contribution in [0.15, 0.2) is 24.3 Å². The van der Waals surface area contributed by atoms with Gasteiger partial charge >= 0.3 is 0 Å². The predicted octanol–water partition coefficient (Wildman–Crippen LogP) is 2.64. The number of nitrogens with zero attached hydrogens (tertiary/aromatic N) is 1. The van der Waals surface area contributed by atoms with E-state index in [0.717, 1.165) is 0 Å². The maximum Gasteiger partial charge on any atom is 0.163 e. The zero-order chi connectivity index (χ0) is 18.8. The third-order valence-corrected chi connectivity index (χ3v) is 5.02. The molecular weight excluding hydrogens is 318 g/mol. The van der Waals surface area contributed by atoms with Gasteiger partial charge in [-0.25, -0.2) is 0 Å². The lowest BCUT2D eigenvalue weighted by atomic mass is 9.78. The Kier molecular flexibility index (Phi) is 5.92. The van der Waals surface area contributed by atoms with Crippen LogP contribution in [0.4, 0.5) is 0 Å². The molecule has 0 spiro atoms. The Hall–Kier alpha value is -1.43. The largest absolute Gasteiger partial charge is 0.490 e. The highest BCUT2D eigenvalue weighted by Gasteiger charge is 2.45. The molecule has 1 aromatic carbocycles. The first-order chi connectivity index (χ1) is 11.5. The number of Topliss-reactive ketones (excluding diaryl/α,β-unsaturated/α-hetero) is 1. The van der Waals surface area contributed by atoms with E-state index in [1.54, 1.807) is 18.2 Å². The van der Waals surface area contributed by atoms with E-state index in [4.69, 9.17) is 4.74 Å². The van der Waals surface area contributed by atoms with Crippen LogP contribution >= 0.6 is 0 Å². The Morgan fingerprint density at radius 3 is 2.36 bits per heavy atom. The molecule has 1 aromatic rings. The van der Waals surface area contributed by atoms with Gasteiger partial charge in [0.2, 0.25) is 0 Å². The molecule has 0 aromatic heterocycles. The summed E-state index contributed by atoms with van der Waals surface area (Å²) in [7, 11) is 0. The molecule has 140 valence electrons. The van der Waals surface area contributed by atoms with Gasteiger partial charge in [-0.15, -0.1) is 0 Å². The van der Waals surface area contributed by atoms with E-state index in [-0.39, 0.29) is 29.6 Å². The number of ether oxygens (including phenoxy) is 1. The monoisotopic (exact) mass is 349 g/mol. The summed E-state index contributed by atoms with van der Waals surface area (Å²) in [5, 5.41) is 20.6. The number of aliphatic hydroxyl groups excluding tert-OH is 2. The number of benzene rings is 1. The van der Waals surface area contributed by atoms with Crippen molar-refractivity contribution in [3.05, 3.63) is 29.8 Å². The number of piperidine rings is 1. The van der Waals surface area contributed by atoms with Gasteiger partial charge in [-0.1, -0.05) is 12.1 Å². The molecule has 5 nitrogen and oxygen atoms in total. The smallest absolute Gasteiger partial charge is 0.163 e. The van der Waals surface area contributed by atoms with Crippen LogP contribution in [0.1, 0.15) is 57.8 Å². The van der Waals surface area contributed by atoms with Crippen molar-refractivity contribution in [2.75, 3.05) is 13.2 Å². The number of aliphatic hydroxyl groups is 2. The Labute approximate surface area is 150 Å². The number of likely N-dealkylation sites (tertiary alicyclic amines) is 1. The molecule has 1 fully saturated rings. The first-order valence-corrected chi connectivity index (χ1v) is 8.89. The van der Waals surface area contributed by atoms with Gasteiger partial charge in [0.25, 0.3) is 0 Å². The Balaban J connectivity index is 2.02. The van der Waals surface area contributed by atoms with Crippen LogP contribution in [0.2, 0.25) is 0 Å². The number of rotatable bonds is 6. The molecule has 0 radical (unpaired) electrons. The third kappa shape index (κ3) is 4.81. The van der Waals surface area contributed by atoms with E-state index < -0.39 is 6.10 Å². The number of carbonyl (C=O) groups excluding carboxylic acids is 1. The molecule has 1 aliphatic heterocycles. The van der Waals surface area contributed by atoms with Crippen molar-refractivity contribution >= 4 is 5.78 Å². The number of hydrogen-bond acceptors (Lipinski definition) is 5. The zero-order valence-electron chi connectivity index (χ0n) is 16.0. The minimum atomic E-state index is -0.686. The van der Waals surface area contributed by atoms with Gasteiger partial charge in [-0.05, 0) is 59.6 Å². The summed E-state index contributed by atoms with van der Waals surface area (Å²) in [5.74, 6) is 0.444. The zero-order valence-corrected chi connectivity index (χ0v) is 16.0. The number of hydrogen-bond donors (Lipinski definition) is 2. The van der Waals surface area contributed by atoms with E-state index >= 15 is 0 Å². The molecule has 0 amide bonds. The minimum absolute atomic E-state index is 0.0580. The highest BCUT2D eigenvalue weighted by Crippen LogP contribution is 2.38. The third-order valence-electron chi connectivity index (χ3n) is 5.02. The van der Waals surface area contributed by atoms with Crippen molar-refractivity contribution in [3.63, 3.8) is 0 Å². The lowest BCUT2D eigenvalue weighted by Crippen LogP contribution is -2.63. The van der Waals surface area contributed by atoms with Gasteiger partial charge in [0.1, 0.15) is 18.5 Å². The number of carbonyl (C=O) groups is 1. The highest BCUT2D eigenvalue weighted by molar-refractivity contribution is 5.96. The van der Waals surface area contributed by atoms with Crippen molar-refractivity contribution in [2.24, 2.45) is 0 Å². The first-order valence-electron chi connectivity index (χ1n) is 8.89. The van der Waals surface area contributed by atoms with Crippen LogP contribution in [-0.2, 0) is 0 Å². The fraction of sp³-hybridized carbons (Fsp3) is 0.650. The van der Waals surface area contributed by atoms with Crippen LogP contribution in [0.5, 0.6) is 5.75 Å². The van der Waals surface area contributed by atoms with Gasteiger partial charge in [0, 0.05) is 17.6 Å². The summed E-state index contributed by atoms with van der Waals surface area (Å²) in [4.78, 5) is 13.9. The quantitative estimate of drug-likeness (QED) is 0.773. The number of para-hydroxylation sites is 1. The highest BCUT2D eigenvalue weighted by atomic mass is 16.5. The Morgan fingerprint density at radius 1 is 1.24 bits per heavy atom. The van der Waals surface area contributed by atoms with Crippen LogP contribution in [-0.4, -0.2) is 57.3 Å². The number of ketones is 1. The standard InChI is InChI=1S/C20H31NO4/c1-14(22)17-8-6-7-9-18(17)25-13-16(24)12-21-19(2,3)10-15(23)11-20(21,4)5/h6-9,15-16,23-24H,10-13H2,1-5H3/t16-/m1/s1. The molecule has 0 unspecified atom stereocenters. The average molecular weight is 349 g/mol. The van der Waals surface area contributed by atoms with Gasteiger partial charge in [-0.3, -0.25) is 9.69 Å².